The van der Waals surface area contributed by atoms with Crippen LogP contribution >= 0.6 is 0 Å². The molecule has 2 saturated heterocycles. The van der Waals surface area contributed by atoms with E-state index in [1.165, 1.54) is 0 Å². The van der Waals surface area contributed by atoms with Crippen molar-refractivity contribution < 1.29 is 19.1 Å². The quantitative estimate of drug-likeness (QED) is 0.723. The summed E-state index contributed by atoms with van der Waals surface area (Å²) in [4.78, 5) is 41.0. The normalized spacial score (nSPS) is 19.1. The molecule has 0 aromatic heterocycles. The van der Waals surface area contributed by atoms with E-state index in [-0.39, 0.29) is 42.7 Å². The summed E-state index contributed by atoms with van der Waals surface area (Å²) < 4.78 is 5.55. The molecule has 4 rings (SSSR count). The van der Waals surface area contributed by atoms with Gasteiger partial charge in [0.15, 0.2) is 6.61 Å². The number of hydrogen-bond acceptors (Lipinski definition) is 4. The maximum absolute atomic E-state index is 12.7. The van der Waals surface area contributed by atoms with Crippen molar-refractivity contribution in [3.63, 3.8) is 0 Å². The van der Waals surface area contributed by atoms with E-state index < -0.39 is 0 Å². The van der Waals surface area contributed by atoms with Crippen LogP contribution in [0, 0.1) is 5.92 Å². The first-order valence-electron chi connectivity index (χ1n) is 11.2. The van der Waals surface area contributed by atoms with Crippen LogP contribution in [0.5, 0.6) is 5.75 Å². The number of nitrogens with zero attached hydrogens (tertiary/aromatic N) is 2. The minimum atomic E-state index is -0.315. The monoisotopic (exact) mass is 435 g/mol. The SMILES string of the molecule is O=C(NC1CCN(C(=O)COc2ccccc2)CC1)C1CC(=O)N(Cc2ccccc2)C1. The van der Waals surface area contributed by atoms with Gasteiger partial charge in [-0.05, 0) is 30.5 Å². The summed E-state index contributed by atoms with van der Waals surface area (Å²) in [6.07, 6.45) is 1.67. The van der Waals surface area contributed by atoms with Crippen LogP contribution in [0.25, 0.3) is 0 Å². The summed E-state index contributed by atoms with van der Waals surface area (Å²) in [5.41, 5.74) is 1.06. The van der Waals surface area contributed by atoms with Gasteiger partial charge in [-0.2, -0.15) is 0 Å². The minimum absolute atomic E-state index is 0.0163. The molecule has 7 heteroatoms. The smallest absolute Gasteiger partial charge is 0.260 e. The Labute approximate surface area is 188 Å². The highest BCUT2D eigenvalue weighted by Crippen LogP contribution is 2.21. The molecule has 168 valence electrons. The first-order valence-corrected chi connectivity index (χ1v) is 11.2. The van der Waals surface area contributed by atoms with Crippen molar-refractivity contribution in [3.8, 4) is 5.75 Å². The Bertz CT molecular complexity index is 927. The van der Waals surface area contributed by atoms with Crippen molar-refractivity contribution in [2.45, 2.75) is 31.8 Å². The third-order valence-corrected chi connectivity index (χ3v) is 6.10. The molecule has 2 heterocycles. The molecule has 0 aliphatic carbocycles. The molecule has 0 saturated carbocycles. The number of nitrogens with one attached hydrogen (secondary N) is 1. The van der Waals surface area contributed by atoms with Crippen LogP contribution in [-0.2, 0) is 20.9 Å². The molecule has 1 N–H and O–H groups in total. The molecule has 0 spiro atoms. The topological polar surface area (TPSA) is 79.0 Å². The molecule has 2 aliphatic rings. The molecule has 2 aromatic carbocycles. The number of carbonyl (C=O) groups excluding carboxylic acids is 3. The van der Waals surface area contributed by atoms with Gasteiger partial charge in [-0.3, -0.25) is 14.4 Å². The van der Waals surface area contributed by atoms with Crippen LogP contribution < -0.4 is 10.1 Å². The zero-order valence-electron chi connectivity index (χ0n) is 18.1. The highest BCUT2D eigenvalue weighted by molar-refractivity contribution is 5.89. The van der Waals surface area contributed by atoms with Crippen LogP contribution in [0.15, 0.2) is 60.7 Å². The van der Waals surface area contributed by atoms with Crippen molar-refractivity contribution in [1.29, 1.82) is 0 Å². The molecule has 7 nitrogen and oxygen atoms in total. The lowest BCUT2D eigenvalue weighted by molar-refractivity contribution is -0.134. The third-order valence-electron chi connectivity index (χ3n) is 6.10. The van der Waals surface area contributed by atoms with Gasteiger partial charge in [-0.15, -0.1) is 0 Å². The van der Waals surface area contributed by atoms with E-state index in [0.29, 0.717) is 44.8 Å². The lowest BCUT2D eigenvalue weighted by Gasteiger charge is -2.32. The van der Waals surface area contributed by atoms with Crippen molar-refractivity contribution >= 4 is 17.7 Å². The number of para-hydroxylation sites is 1. The predicted octanol–water partition coefficient (Wildman–Crippen LogP) is 2.22. The van der Waals surface area contributed by atoms with Crippen molar-refractivity contribution in [1.82, 2.24) is 15.1 Å². The van der Waals surface area contributed by atoms with Gasteiger partial charge < -0.3 is 19.9 Å². The van der Waals surface area contributed by atoms with Gasteiger partial charge in [0.1, 0.15) is 5.75 Å². The third kappa shape index (κ3) is 5.66. The fourth-order valence-electron chi connectivity index (χ4n) is 4.25. The van der Waals surface area contributed by atoms with E-state index in [9.17, 15) is 14.4 Å². The van der Waals surface area contributed by atoms with Crippen LogP contribution in [0.4, 0.5) is 0 Å². The second kappa shape index (κ2) is 10.3. The number of piperidine rings is 1. The zero-order chi connectivity index (χ0) is 22.3. The van der Waals surface area contributed by atoms with Gasteiger partial charge in [0.25, 0.3) is 5.91 Å². The average molecular weight is 436 g/mol. The molecule has 3 amide bonds. The van der Waals surface area contributed by atoms with Gasteiger partial charge in [-0.1, -0.05) is 48.5 Å². The van der Waals surface area contributed by atoms with Crippen LogP contribution in [0.3, 0.4) is 0 Å². The molecule has 2 aromatic rings. The Balaban J connectivity index is 1.19. The maximum atomic E-state index is 12.7. The van der Waals surface area contributed by atoms with Gasteiger partial charge in [-0.25, -0.2) is 0 Å². The molecule has 0 radical (unpaired) electrons. The number of amides is 3. The molecule has 32 heavy (non-hydrogen) atoms. The minimum Gasteiger partial charge on any atom is -0.484 e. The van der Waals surface area contributed by atoms with Gasteiger partial charge in [0, 0.05) is 38.6 Å². The predicted molar refractivity (Wildman–Crippen MR) is 120 cm³/mol. The maximum Gasteiger partial charge on any atom is 0.260 e. The van der Waals surface area contributed by atoms with Crippen molar-refractivity contribution in [3.05, 3.63) is 66.2 Å². The first-order chi connectivity index (χ1) is 15.6. The number of carbonyl (C=O) groups is 3. The molecular formula is C25H29N3O4. The van der Waals surface area contributed by atoms with E-state index in [0.717, 1.165) is 5.56 Å². The summed E-state index contributed by atoms with van der Waals surface area (Å²) >= 11 is 0. The molecule has 2 aliphatic heterocycles. The van der Waals surface area contributed by atoms with Crippen LogP contribution in [-0.4, -0.2) is 59.8 Å². The lowest BCUT2D eigenvalue weighted by atomic mass is 10.0. The van der Waals surface area contributed by atoms with Gasteiger partial charge in [0.05, 0.1) is 5.92 Å². The number of hydrogen-bond donors (Lipinski definition) is 1. The van der Waals surface area contributed by atoms with Gasteiger partial charge in [0.2, 0.25) is 11.8 Å². The van der Waals surface area contributed by atoms with E-state index in [4.69, 9.17) is 4.74 Å². The summed E-state index contributed by atoms with van der Waals surface area (Å²) in [7, 11) is 0. The Morgan fingerprint density at radius 1 is 0.969 bits per heavy atom. The molecule has 2 fully saturated rings. The molecule has 1 unspecified atom stereocenters. The summed E-state index contributed by atoms with van der Waals surface area (Å²) in [6, 6.07) is 19.1. The number of benzene rings is 2. The number of ether oxygens (including phenoxy) is 1. The van der Waals surface area contributed by atoms with Gasteiger partial charge >= 0.3 is 0 Å². The second-order valence-electron chi connectivity index (χ2n) is 8.43. The largest absolute Gasteiger partial charge is 0.484 e. The van der Waals surface area contributed by atoms with Crippen LogP contribution in [0.2, 0.25) is 0 Å². The summed E-state index contributed by atoms with van der Waals surface area (Å²) in [5, 5.41) is 3.10. The van der Waals surface area contributed by atoms with E-state index >= 15 is 0 Å². The fourth-order valence-corrected chi connectivity index (χ4v) is 4.25. The molecular weight excluding hydrogens is 406 g/mol. The Hall–Kier alpha value is -3.35. The lowest BCUT2D eigenvalue weighted by Crippen LogP contribution is -2.49. The zero-order valence-corrected chi connectivity index (χ0v) is 18.1. The molecule has 0 bridgehead atoms. The average Bonchev–Trinajstić information content (AvgIpc) is 3.19. The van der Waals surface area contributed by atoms with E-state index in [1.54, 1.807) is 9.80 Å². The van der Waals surface area contributed by atoms with Crippen LogP contribution in [0.1, 0.15) is 24.8 Å². The number of likely N-dealkylation sites (tertiary alicyclic amines) is 2. The Morgan fingerprint density at radius 3 is 2.31 bits per heavy atom. The standard InChI is InChI=1S/C25H29N3O4/c29-23-15-20(17-28(23)16-19-7-3-1-4-8-19)25(31)26-21-11-13-27(14-12-21)24(30)18-32-22-9-5-2-6-10-22/h1-10,20-21H,11-18H2,(H,26,31). The van der Waals surface area contributed by atoms with Crippen molar-refractivity contribution in [2.24, 2.45) is 5.92 Å². The van der Waals surface area contributed by atoms with Crippen molar-refractivity contribution in [2.75, 3.05) is 26.2 Å². The summed E-state index contributed by atoms with van der Waals surface area (Å²) in [5.74, 6) is 0.274. The summed E-state index contributed by atoms with van der Waals surface area (Å²) in [6.45, 7) is 2.18. The Morgan fingerprint density at radius 2 is 1.62 bits per heavy atom. The first kappa shape index (κ1) is 21.9. The van der Waals surface area contributed by atoms with E-state index in [2.05, 4.69) is 5.32 Å². The molecule has 1 atom stereocenters. The Kier molecular flexibility index (Phi) is 7.04. The highest BCUT2D eigenvalue weighted by Gasteiger charge is 2.35. The highest BCUT2D eigenvalue weighted by atomic mass is 16.5. The second-order valence-corrected chi connectivity index (χ2v) is 8.43. The number of rotatable bonds is 7. The fraction of sp³-hybridized carbons (Fsp3) is 0.400. The van der Waals surface area contributed by atoms with E-state index in [1.807, 2.05) is 60.7 Å².